The van der Waals surface area contributed by atoms with Gasteiger partial charge in [0.15, 0.2) is 0 Å². The predicted octanol–water partition coefficient (Wildman–Crippen LogP) is 3.32. The van der Waals surface area contributed by atoms with Gasteiger partial charge in [-0.1, -0.05) is 26.8 Å². The van der Waals surface area contributed by atoms with Gasteiger partial charge in [0, 0.05) is 11.0 Å². The summed E-state index contributed by atoms with van der Waals surface area (Å²) in [5, 5.41) is 18.7. The molecule has 0 aliphatic heterocycles. The van der Waals surface area contributed by atoms with E-state index in [1.54, 1.807) is 0 Å². The van der Waals surface area contributed by atoms with Crippen LogP contribution in [0.15, 0.2) is 11.6 Å². The predicted molar refractivity (Wildman–Crippen MR) is 75.3 cm³/mol. The molecule has 4 heteroatoms. The lowest BCUT2D eigenvalue weighted by molar-refractivity contribution is -0.146. The molecule has 0 aromatic heterocycles. The fraction of sp³-hybridized carbons (Fsp3) is 0.750. The second-order valence-corrected chi connectivity index (χ2v) is 6.99. The molecular formula is C16H24O4. The smallest absolute Gasteiger partial charge is 0.331 e. The van der Waals surface area contributed by atoms with E-state index in [9.17, 15) is 19.8 Å². The fourth-order valence-corrected chi connectivity index (χ4v) is 4.64. The first-order chi connectivity index (χ1) is 9.21. The average molecular weight is 280 g/mol. The number of carbonyl (C=O) groups is 2. The minimum atomic E-state index is -0.843. The number of carboxylic acids is 2. The molecule has 0 aromatic rings. The van der Waals surface area contributed by atoms with Crippen molar-refractivity contribution in [3.63, 3.8) is 0 Å². The molecule has 0 aromatic carbocycles. The zero-order valence-corrected chi connectivity index (χ0v) is 12.5. The molecule has 4 nitrogen and oxygen atoms in total. The van der Waals surface area contributed by atoms with Crippen LogP contribution in [0.25, 0.3) is 0 Å². The highest BCUT2D eigenvalue weighted by molar-refractivity contribution is 5.88. The second kappa shape index (κ2) is 4.90. The molecule has 2 aliphatic rings. The average Bonchev–Trinajstić information content (AvgIpc) is 2.33. The summed E-state index contributed by atoms with van der Waals surface area (Å²) in [5.74, 6) is -1.18. The quantitative estimate of drug-likeness (QED) is 0.831. The van der Waals surface area contributed by atoms with E-state index >= 15 is 0 Å². The Morgan fingerprint density at radius 3 is 2.50 bits per heavy atom. The van der Waals surface area contributed by atoms with Crippen molar-refractivity contribution in [3.05, 3.63) is 11.6 Å². The zero-order chi connectivity index (χ0) is 15.1. The van der Waals surface area contributed by atoms with E-state index in [-0.39, 0.29) is 23.2 Å². The van der Waals surface area contributed by atoms with E-state index in [4.69, 9.17) is 0 Å². The molecule has 0 spiro atoms. The van der Waals surface area contributed by atoms with Crippen LogP contribution in [-0.2, 0) is 9.59 Å². The Bertz CT molecular complexity index is 467. The van der Waals surface area contributed by atoms with Crippen LogP contribution in [0.1, 0.15) is 52.9 Å². The van der Waals surface area contributed by atoms with E-state index in [1.165, 1.54) is 0 Å². The van der Waals surface area contributed by atoms with Gasteiger partial charge in [0.2, 0.25) is 0 Å². The van der Waals surface area contributed by atoms with Gasteiger partial charge in [0.25, 0.3) is 0 Å². The van der Waals surface area contributed by atoms with Crippen LogP contribution in [0.2, 0.25) is 0 Å². The molecule has 4 atom stereocenters. The molecule has 112 valence electrons. The van der Waals surface area contributed by atoms with Crippen LogP contribution in [0, 0.1) is 22.7 Å². The summed E-state index contributed by atoms with van der Waals surface area (Å²) in [7, 11) is 0. The topological polar surface area (TPSA) is 74.6 Å². The summed E-state index contributed by atoms with van der Waals surface area (Å²) in [6, 6.07) is 0. The second-order valence-electron chi connectivity index (χ2n) is 6.99. The van der Waals surface area contributed by atoms with Crippen molar-refractivity contribution in [1.29, 1.82) is 0 Å². The van der Waals surface area contributed by atoms with Crippen molar-refractivity contribution in [2.24, 2.45) is 22.7 Å². The van der Waals surface area contributed by atoms with E-state index < -0.39 is 11.9 Å². The molecule has 0 amide bonds. The standard InChI is InChI=1S/C16H24O4/c1-10-7-8-15(2)11(14(19)20)5-4-6-12(15)16(10,3)9-13(17)18/h5,10,12H,4,6-9H2,1-3H3,(H,17,18)(H,19,20)/t10-,12?,15+,16+/m1/s1. The maximum atomic E-state index is 11.5. The van der Waals surface area contributed by atoms with E-state index in [0.717, 1.165) is 25.7 Å². The molecular weight excluding hydrogens is 256 g/mol. The van der Waals surface area contributed by atoms with Crippen LogP contribution in [-0.4, -0.2) is 22.2 Å². The lowest BCUT2D eigenvalue weighted by Crippen LogP contribution is -2.51. The van der Waals surface area contributed by atoms with Crippen LogP contribution < -0.4 is 0 Å². The molecule has 2 N–H and O–H groups in total. The van der Waals surface area contributed by atoms with Crippen molar-refractivity contribution in [3.8, 4) is 0 Å². The number of rotatable bonds is 3. The van der Waals surface area contributed by atoms with Gasteiger partial charge in [-0.05, 0) is 42.9 Å². The Kier molecular flexibility index (Phi) is 3.69. The summed E-state index contributed by atoms with van der Waals surface area (Å²) >= 11 is 0. The third-order valence-corrected chi connectivity index (χ3v) is 5.97. The molecule has 1 fully saturated rings. The van der Waals surface area contributed by atoms with E-state index in [1.807, 2.05) is 19.9 Å². The minimum Gasteiger partial charge on any atom is -0.481 e. The van der Waals surface area contributed by atoms with Crippen molar-refractivity contribution in [2.75, 3.05) is 0 Å². The van der Waals surface area contributed by atoms with Gasteiger partial charge in [-0.25, -0.2) is 4.79 Å². The monoisotopic (exact) mass is 280 g/mol. The highest BCUT2D eigenvalue weighted by atomic mass is 16.4. The molecule has 2 rings (SSSR count). The summed E-state index contributed by atoms with van der Waals surface area (Å²) in [6.07, 6.45) is 5.33. The number of hydrogen-bond acceptors (Lipinski definition) is 2. The van der Waals surface area contributed by atoms with Gasteiger partial charge in [0.05, 0.1) is 6.42 Å². The normalized spacial score (nSPS) is 40.6. The Morgan fingerprint density at radius 2 is 1.95 bits per heavy atom. The fourth-order valence-electron chi connectivity index (χ4n) is 4.64. The van der Waals surface area contributed by atoms with Crippen LogP contribution >= 0.6 is 0 Å². The number of carboxylic acid groups (broad SMARTS) is 2. The van der Waals surface area contributed by atoms with Crippen LogP contribution in [0.3, 0.4) is 0 Å². The lowest BCUT2D eigenvalue weighted by atomic mass is 9.47. The summed E-state index contributed by atoms with van der Waals surface area (Å²) in [6.45, 7) is 6.17. The van der Waals surface area contributed by atoms with Gasteiger partial charge in [-0.15, -0.1) is 0 Å². The van der Waals surface area contributed by atoms with Gasteiger partial charge < -0.3 is 10.2 Å². The number of fused-ring (bicyclic) bond motifs is 1. The third-order valence-electron chi connectivity index (χ3n) is 5.97. The van der Waals surface area contributed by atoms with E-state index in [2.05, 4.69) is 6.92 Å². The Morgan fingerprint density at radius 1 is 1.30 bits per heavy atom. The van der Waals surface area contributed by atoms with Crippen molar-refractivity contribution < 1.29 is 19.8 Å². The largest absolute Gasteiger partial charge is 0.481 e. The summed E-state index contributed by atoms with van der Waals surface area (Å²) in [5.41, 5.74) is -0.216. The molecule has 1 saturated carbocycles. The first-order valence-corrected chi connectivity index (χ1v) is 7.37. The number of aliphatic carboxylic acids is 2. The van der Waals surface area contributed by atoms with Crippen molar-refractivity contribution >= 4 is 11.9 Å². The molecule has 2 aliphatic carbocycles. The summed E-state index contributed by atoms with van der Waals surface area (Å²) in [4.78, 5) is 22.8. The van der Waals surface area contributed by atoms with Crippen molar-refractivity contribution in [1.82, 2.24) is 0 Å². The first kappa shape index (κ1) is 15.1. The summed E-state index contributed by atoms with van der Waals surface area (Å²) < 4.78 is 0. The highest BCUT2D eigenvalue weighted by Crippen LogP contribution is 2.61. The first-order valence-electron chi connectivity index (χ1n) is 7.37. The molecule has 0 heterocycles. The highest BCUT2D eigenvalue weighted by Gasteiger charge is 2.55. The Balaban J connectivity index is 2.45. The molecule has 20 heavy (non-hydrogen) atoms. The molecule has 1 unspecified atom stereocenters. The van der Waals surface area contributed by atoms with Crippen molar-refractivity contribution in [2.45, 2.75) is 52.9 Å². The lowest BCUT2D eigenvalue weighted by Gasteiger charge is -2.57. The number of hydrogen-bond donors (Lipinski definition) is 2. The van der Waals surface area contributed by atoms with E-state index in [0.29, 0.717) is 11.5 Å². The Labute approximate surface area is 119 Å². The maximum Gasteiger partial charge on any atom is 0.331 e. The van der Waals surface area contributed by atoms with Gasteiger partial charge >= 0.3 is 11.9 Å². The molecule has 0 bridgehead atoms. The molecule has 0 saturated heterocycles. The van der Waals surface area contributed by atoms with Crippen LogP contribution in [0.5, 0.6) is 0 Å². The van der Waals surface area contributed by atoms with Crippen LogP contribution in [0.4, 0.5) is 0 Å². The Hall–Kier alpha value is -1.32. The zero-order valence-electron chi connectivity index (χ0n) is 12.5. The van der Waals surface area contributed by atoms with Gasteiger partial charge in [-0.2, -0.15) is 0 Å². The van der Waals surface area contributed by atoms with Gasteiger partial charge in [0.1, 0.15) is 0 Å². The van der Waals surface area contributed by atoms with Gasteiger partial charge in [-0.3, -0.25) is 4.79 Å². The molecule has 0 radical (unpaired) electrons. The third kappa shape index (κ3) is 2.15. The minimum absolute atomic E-state index is 0.126. The number of allylic oxidation sites excluding steroid dienone is 1. The SMILES string of the molecule is C[C@@H]1CC[C@@]2(C)C(C(=O)O)=CCCC2[C@@]1(C)CC(=O)O. The maximum absolute atomic E-state index is 11.5.